The molecule has 1 amide bonds. The van der Waals surface area contributed by atoms with E-state index in [0.29, 0.717) is 29.8 Å². The zero-order valence-electron chi connectivity index (χ0n) is 17.0. The third-order valence-corrected chi connectivity index (χ3v) is 6.27. The first-order chi connectivity index (χ1) is 13.6. The van der Waals surface area contributed by atoms with Crippen LogP contribution in [0, 0.1) is 5.82 Å². The molecule has 1 aliphatic heterocycles. The maximum Gasteiger partial charge on any atom is 0.271 e. The molecule has 0 atom stereocenters. The van der Waals surface area contributed by atoms with E-state index in [1.165, 1.54) is 23.0 Å². The number of benzene rings is 1. The Bertz CT molecular complexity index is 999. The quantitative estimate of drug-likeness (QED) is 0.771. The van der Waals surface area contributed by atoms with E-state index in [-0.39, 0.29) is 34.8 Å². The number of ether oxygens (including phenoxy) is 1. The first-order valence-electron chi connectivity index (χ1n) is 9.66. The number of aromatic nitrogens is 2. The topological polar surface area (TPSA) is 90.3 Å². The van der Waals surface area contributed by atoms with E-state index in [4.69, 9.17) is 4.74 Å². The predicted octanol–water partition coefficient (Wildman–Crippen LogP) is 3.10. The second-order valence-electron chi connectivity index (χ2n) is 7.82. The van der Waals surface area contributed by atoms with Crippen molar-refractivity contribution in [3.05, 3.63) is 40.8 Å². The van der Waals surface area contributed by atoms with Crippen LogP contribution in [0.4, 0.5) is 4.39 Å². The number of sulfonamides is 1. The summed E-state index contributed by atoms with van der Waals surface area (Å²) in [6, 6.07) is 2.82. The smallest absolute Gasteiger partial charge is 0.271 e. The molecular formula is C20H26FN3O4S. The van der Waals surface area contributed by atoms with Crippen molar-refractivity contribution in [2.45, 2.75) is 63.8 Å². The van der Waals surface area contributed by atoms with Crippen LogP contribution < -0.4 is 9.46 Å². The van der Waals surface area contributed by atoms with Gasteiger partial charge in [0.2, 0.25) is 11.8 Å². The fourth-order valence-electron chi connectivity index (χ4n) is 3.54. The van der Waals surface area contributed by atoms with Crippen LogP contribution in [0.25, 0.3) is 0 Å². The molecule has 3 rings (SSSR count). The maximum absolute atomic E-state index is 14.1. The van der Waals surface area contributed by atoms with Crippen LogP contribution in [0.1, 0.15) is 62.6 Å². The summed E-state index contributed by atoms with van der Waals surface area (Å²) >= 11 is 0. The minimum absolute atomic E-state index is 0.0151. The first-order valence-corrected chi connectivity index (χ1v) is 11.1. The minimum Gasteiger partial charge on any atom is -0.477 e. The summed E-state index contributed by atoms with van der Waals surface area (Å²) in [5, 5.41) is 4.02. The highest BCUT2D eigenvalue weighted by molar-refractivity contribution is 7.90. The summed E-state index contributed by atoms with van der Waals surface area (Å²) < 4.78 is 48.5. The summed E-state index contributed by atoms with van der Waals surface area (Å²) in [6.07, 6.45) is 1.76. The molecule has 2 aromatic rings. The van der Waals surface area contributed by atoms with E-state index in [0.717, 1.165) is 6.42 Å². The van der Waals surface area contributed by atoms with Gasteiger partial charge in [-0.3, -0.25) is 4.79 Å². The molecule has 0 saturated carbocycles. The van der Waals surface area contributed by atoms with E-state index in [2.05, 4.69) is 9.82 Å². The molecule has 0 bridgehead atoms. The largest absolute Gasteiger partial charge is 0.477 e. The Kier molecular flexibility index (Phi) is 5.97. The van der Waals surface area contributed by atoms with Crippen LogP contribution in [-0.2, 0) is 27.8 Å². The zero-order valence-corrected chi connectivity index (χ0v) is 17.8. The molecule has 0 fully saturated rings. The van der Waals surface area contributed by atoms with Gasteiger partial charge in [0, 0.05) is 13.0 Å². The molecule has 0 radical (unpaired) electrons. The molecule has 7 nitrogen and oxygen atoms in total. The van der Waals surface area contributed by atoms with Gasteiger partial charge in [-0.15, -0.1) is 0 Å². The molecule has 1 aromatic carbocycles. The molecule has 0 aliphatic carbocycles. The number of nitrogens with zero attached hydrogens (tertiary/aromatic N) is 2. The van der Waals surface area contributed by atoms with Gasteiger partial charge in [0.05, 0.1) is 19.2 Å². The number of carbonyl (C=O) groups excluding carboxylic acids is 1. The number of rotatable bonds is 6. The number of hydrogen-bond acceptors (Lipinski definition) is 5. The van der Waals surface area contributed by atoms with Gasteiger partial charge < -0.3 is 4.74 Å². The molecule has 1 aliphatic rings. The lowest BCUT2D eigenvalue weighted by atomic mass is 9.87. The number of amides is 1. The Labute approximate surface area is 170 Å². The Morgan fingerprint density at radius 1 is 1.24 bits per heavy atom. The molecule has 0 spiro atoms. The van der Waals surface area contributed by atoms with E-state index in [1.807, 2.05) is 27.7 Å². The summed E-state index contributed by atoms with van der Waals surface area (Å²) in [4.78, 5) is 12.5. The van der Waals surface area contributed by atoms with Crippen molar-refractivity contribution in [2.24, 2.45) is 0 Å². The number of hydrogen-bond donors (Lipinski definition) is 1. The van der Waals surface area contributed by atoms with Gasteiger partial charge >= 0.3 is 0 Å². The average molecular weight is 424 g/mol. The normalized spacial score (nSPS) is 14.0. The molecule has 2 heterocycles. The summed E-state index contributed by atoms with van der Waals surface area (Å²) in [7, 11) is -4.13. The molecule has 158 valence electrons. The molecular weight excluding hydrogens is 397 g/mol. The lowest BCUT2D eigenvalue weighted by molar-refractivity contribution is -0.118. The lowest BCUT2D eigenvalue weighted by Crippen LogP contribution is -2.33. The summed E-state index contributed by atoms with van der Waals surface area (Å²) in [5.41, 5.74) is 2.07. The van der Waals surface area contributed by atoms with Gasteiger partial charge in [-0.05, 0) is 40.7 Å². The zero-order chi connectivity index (χ0) is 21.3. The third-order valence-electron chi connectivity index (χ3n) is 4.92. The summed E-state index contributed by atoms with van der Waals surface area (Å²) in [5.74, 6) is -0.935. The number of nitrogens with one attached hydrogen (secondary N) is 1. The first kappa shape index (κ1) is 21.3. The van der Waals surface area contributed by atoms with Crippen molar-refractivity contribution < 1.29 is 22.3 Å². The average Bonchev–Trinajstić information content (AvgIpc) is 3.07. The van der Waals surface area contributed by atoms with Crippen LogP contribution in [0.5, 0.6) is 5.88 Å². The minimum atomic E-state index is -4.13. The molecule has 29 heavy (non-hydrogen) atoms. The predicted molar refractivity (Wildman–Crippen MR) is 106 cm³/mol. The standard InChI is InChI=1S/C20H26FN3O4S/c1-12(2)15-8-14(21)9-16(13(3)4)17(15)10-19(25)23-29(26,27)18-11-22-24-6-5-7-28-20(18)24/h8-9,11-13H,5-7,10H2,1-4H3,(H,23,25). The Hall–Kier alpha value is -2.42. The van der Waals surface area contributed by atoms with Gasteiger partial charge in [0.25, 0.3) is 10.0 Å². The van der Waals surface area contributed by atoms with E-state index in [9.17, 15) is 17.6 Å². The fraction of sp³-hybridized carbons (Fsp3) is 0.500. The summed E-state index contributed by atoms with van der Waals surface area (Å²) in [6.45, 7) is 8.60. The van der Waals surface area contributed by atoms with E-state index >= 15 is 0 Å². The van der Waals surface area contributed by atoms with Crippen molar-refractivity contribution in [3.8, 4) is 5.88 Å². The van der Waals surface area contributed by atoms with Gasteiger partial charge in [-0.2, -0.15) is 5.10 Å². The second kappa shape index (κ2) is 8.14. The number of aryl methyl sites for hydroxylation is 1. The van der Waals surface area contributed by atoms with Crippen LogP contribution in [0.15, 0.2) is 23.2 Å². The van der Waals surface area contributed by atoms with Gasteiger partial charge in [-0.25, -0.2) is 22.2 Å². The maximum atomic E-state index is 14.1. The highest BCUT2D eigenvalue weighted by Gasteiger charge is 2.29. The van der Waals surface area contributed by atoms with Crippen LogP contribution >= 0.6 is 0 Å². The molecule has 9 heteroatoms. The van der Waals surface area contributed by atoms with Gasteiger partial charge in [0.1, 0.15) is 5.82 Å². The SMILES string of the molecule is CC(C)c1cc(F)cc(C(C)C)c1CC(=O)NS(=O)(=O)c1cnn2c1OCCC2. The van der Waals surface area contributed by atoms with Crippen LogP contribution in [-0.4, -0.2) is 30.7 Å². The Morgan fingerprint density at radius 3 is 2.45 bits per heavy atom. The van der Waals surface area contributed by atoms with Crippen molar-refractivity contribution >= 4 is 15.9 Å². The van der Waals surface area contributed by atoms with Crippen LogP contribution in [0.3, 0.4) is 0 Å². The Morgan fingerprint density at radius 2 is 1.86 bits per heavy atom. The molecule has 0 unspecified atom stereocenters. The van der Waals surface area contributed by atoms with Crippen molar-refractivity contribution in [1.29, 1.82) is 0 Å². The fourth-order valence-corrected chi connectivity index (χ4v) is 4.61. The monoisotopic (exact) mass is 423 g/mol. The van der Waals surface area contributed by atoms with Crippen LogP contribution in [0.2, 0.25) is 0 Å². The molecule has 1 N–H and O–H groups in total. The lowest BCUT2D eigenvalue weighted by Gasteiger charge is -2.20. The number of fused-ring (bicyclic) bond motifs is 1. The van der Waals surface area contributed by atoms with Crippen molar-refractivity contribution in [3.63, 3.8) is 0 Å². The number of carbonyl (C=O) groups is 1. The van der Waals surface area contributed by atoms with E-state index < -0.39 is 15.9 Å². The highest BCUT2D eigenvalue weighted by atomic mass is 32.2. The second-order valence-corrected chi connectivity index (χ2v) is 9.47. The Balaban J connectivity index is 1.88. The molecule has 1 aromatic heterocycles. The highest BCUT2D eigenvalue weighted by Crippen LogP contribution is 2.30. The molecule has 0 saturated heterocycles. The number of halogens is 1. The van der Waals surface area contributed by atoms with Crippen molar-refractivity contribution in [1.82, 2.24) is 14.5 Å². The third kappa shape index (κ3) is 4.44. The van der Waals surface area contributed by atoms with E-state index in [1.54, 1.807) is 0 Å². The van der Waals surface area contributed by atoms with Crippen molar-refractivity contribution in [2.75, 3.05) is 6.61 Å². The van der Waals surface area contributed by atoms with Gasteiger partial charge in [-0.1, -0.05) is 27.7 Å². The van der Waals surface area contributed by atoms with Gasteiger partial charge in [0.15, 0.2) is 4.90 Å².